The summed E-state index contributed by atoms with van der Waals surface area (Å²) in [5, 5.41) is 5.35. The van der Waals surface area contributed by atoms with E-state index in [-0.39, 0.29) is 57.5 Å². The fourth-order valence-electron chi connectivity index (χ4n) is 3.40. The number of nitrogens with zero attached hydrogens (tertiary/aromatic N) is 2. The lowest BCUT2D eigenvalue weighted by molar-refractivity contribution is -0.138. The summed E-state index contributed by atoms with van der Waals surface area (Å²) in [7, 11) is 0. The smallest absolute Gasteiger partial charge is 0.416 e. The minimum atomic E-state index is -4.56. The number of carbonyl (C=O) groups excluding carboxylic acids is 1. The molecular weight excluding hydrogens is 525 g/mol. The molecule has 0 atom stereocenters. The molecule has 0 saturated carbocycles. The Hall–Kier alpha value is -3.57. The van der Waals surface area contributed by atoms with Crippen LogP contribution in [0.3, 0.4) is 0 Å². The summed E-state index contributed by atoms with van der Waals surface area (Å²) in [6, 6.07) is 8.51. The Morgan fingerprint density at radius 2 is 1.81 bits per heavy atom. The van der Waals surface area contributed by atoms with E-state index in [0.29, 0.717) is 5.52 Å². The number of alkyl halides is 3. The van der Waals surface area contributed by atoms with Gasteiger partial charge in [-0.25, -0.2) is 4.39 Å². The first-order valence-corrected chi connectivity index (χ1v) is 11.2. The third kappa shape index (κ3) is 5.47. The number of amides is 1. The number of ether oxygens (including phenoxy) is 1. The molecule has 0 unspecified atom stereocenters. The van der Waals surface area contributed by atoms with Crippen molar-refractivity contribution in [2.75, 3.05) is 11.9 Å². The summed E-state index contributed by atoms with van der Waals surface area (Å²) >= 11 is 12.1. The highest BCUT2D eigenvalue weighted by Crippen LogP contribution is 2.34. The number of hydrogen-bond acceptors (Lipinski definition) is 5. The highest BCUT2D eigenvalue weighted by Gasteiger charge is 2.33. The molecule has 0 aliphatic heterocycles. The van der Waals surface area contributed by atoms with Gasteiger partial charge in [0.05, 0.1) is 33.4 Å². The van der Waals surface area contributed by atoms with Crippen LogP contribution in [0.5, 0.6) is 5.88 Å². The number of pyridine rings is 1. The number of halogens is 6. The van der Waals surface area contributed by atoms with Gasteiger partial charge in [-0.2, -0.15) is 23.1 Å². The van der Waals surface area contributed by atoms with Crippen LogP contribution >= 0.6 is 23.2 Å². The largest absolute Gasteiger partial charge is 0.477 e. The van der Waals surface area contributed by atoms with E-state index in [4.69, 9.17) is 27.9 Å². The molecule has 0 saturated heterocycles. The number of hydrogen-bond donors (Lipinski definition) is 3. The molecular formula is C23H17Cl2F4N5O2. The molecule has 1 amide bonds. The fourth-order valence-corrected chi connectivity index (χ4v) is 3.95. The number of imidazole rings is 1. The first-order valence-electron chi connectivity index (χ1n) is 10.4. The molecule has 7 nitrogen and oxygen atoms in total. The van der Waals surface area contributed by atoms with Crippen LogP contribution in [0.25, 0.3) is 11.2 Å². The lowest BCUT2D eigenvalue weighted by Crippen LogP contribution is -2.25. The monoisotopic (exact) mass is 541 g/mol. The molecule has 2 aromatic carbocycles. The highest BCUT2D eigenvalue weighted by atomic mass is 35.5. The average Bonchev–Trinajstić information content (AvgIpc) is 3.20. The van der Waals surface area contributed by atoms with Crippen molar-refractivity contribution in [3.05, 3.63) is 75.0 Å². The summed E-state index contributed by atoms with van der Waals surface area (Å²) in [5.74, 6) is -1.22. The van der Waals surface area contributed by atoms with Gasteiger partial charge in [0.2, 0.25) is 11.8 Å². The minimum absolute atomic E-state index is 0.0121. The number of aromatic nitrogens is 3. The molecule has 0 spiro atoms. The van der Waals surface area contributed by atoms with Gasteiger partial charge in [0, 0.05) is 6.54 Å². The molecule has 2 aromatic heterocycles. The molecule has 2 heterocycles. The van der Waals surface area contributed by atoms with E-state index in [1.165, 1.54) is 24.3 Å². The highest BCUT2D eigenvalue weighted by molar-refractivity contribution is 6.39. The van der Waals surface area contributed by atoms with Crippen LogP contribution in [0, 0.1) is 5.82 Å². The van der Waals surface area contributed by atoms with Gasteiger partial charge < -0.3 is 20.4 Å². The van der Waals surface area contributed by atoms with Crippen molar-refractivity contribution < 1.29 is 27.1 Å². The maximum absolute atomic E-state index is 13.5. The fraction of sp³-hybridized carbons (Fsp3) is 0.174. The number of aromatic amines is 1. The lowest BCUT2D eigenvalue weighted by Gasteiger charge is -2.14. The Labute approximate surface area is 211 Å². The van der Waals surface area contributed by atoms with Gasteiger partial charge in [0.15, 0.2) is 5.65 Å². The van der Waals surface area contributed by atoms with Crippen molar-refractivity contribution in [2.45, 2.75) is 19.6 Å². The Kier molecular flexibility index (Phi) is 7.23. The van der Waals surface area contributed by atoms with Crippen LogP contribution in [0.4, 0.5) is 29.2 Å². The number of anilines is 2. The van der Waals surface area contributed by atoms with Gasteiger partial charge >= 0.3 is 6.18 Å². The van der Waals surface area contributed by atoms with Crippen LogP contribution in [0.1, 0.15) is 28.4 Å². The molecule has 0 fully saturated rings. The van der Waals surface area contributed by atoms with E-state index in [1.807, 2.05) is 0 Å². The van der Waals surface area contributed by atoms with Gasteiger partial charge in [-0.15, -0.1) is 0 Å². The predicted molar refractivity (Wildman–Crippen MR) is 127 cm³/mol. The van der Waals surface area contributed by atoms with Gasteiger partial charge in [0.1, 0.15) is 11.4 Å². The molecule has 4 rings (SSSR count). The summed E-state index contributed by atoms with van der Waals surface area (Å²) in [6.45, 7) is 1.49. The molecule has 0 bridgehead atoms. The van der Waals surface area contributed by atoms with Gasteiger partial charge in [-0.3, -0.25) is 4.79 Å². The number of carbonyl (C=O) groups is 1. The van der Waals surface area contributed by atoms with Crippen molar-refractivity contribution >= 4 is 51.9 Å². The first-order chi connectivity index (χ1) is 17.1. The van der Waals surface area contributed by atoms with Crippen LogP contribution in [-0.2, 0) is 12.7 Å². The number of fused-ring (bicyclic) bond motifs is 1. The van der Waals surface area contributed by atoms with E-state index < -0.39 is 23.5 Å². The van der Waals surface area contributed by atoms with Crippen molar-refractivity contribution in [1.29, 1.82) is 0 Å². The van der Waals surface area contributed by atoms with Crippen molar-refractivity contribution in [3.63, 3.8) is 0 Å². The number of H-pyrrole nitrogens is 1. The summed E-state index contributed by atoms with van der Waals surface area (Å²) < 4.78 is 58.7. The average molecular weight is 542 g/mol. The van der Waals surface area contributed by atoms with Gasteiger partial charge in [0.25, 0.3) is 5.91 Å². The second-order valence-electron chi connectivity index (χ2n) is 7.44. The molecule has 0 aliphatic carbocycles. The van der Waals surface area contributed by atoms with E-state index in [9.17, 15) is 22.4 Å². The standard InChI is InChI=1S/C23H17Cl2F4N5O2/c1-2-36-21-13(20(35)30-10-11-5-3-4-6-14(11)23(27,28)29)9-17-19(33-21)34-22(31-17)32-18-15(24)7-12(26)8-16(18)25/h3-9H,2,10H2,1H3,(H,30,35)(H2,31,32,33,34). The summed E-state index contributed by atoms with van der Waals surface area (Å²) in [6.07, 6.45) is -4.56. The van der Waals surface area contributed by atoms with Crippen molar-refractivity contribution in [1.82, 2.24) is 20.3 Å². The molecule has 3 N–H and O–H groups in total. The van der Waals surface area contributed by atoms with Crippen LogP contribution in [0.15, 0.2) is 42.5 Å². The number of benzene rings is 2. The maximum Gasteiger partial charge on any atom is 0.416 e. The topological polar surface area (TPSA) is 91.9 Å². The zero-order valence-corrected chi connectivity index (χ0v) is 19.9. The van der Waals surface area contributed by atoms with E-state index in [1.54, 1.807) is 6.92 Å². The molecule has 188 valence electrons. The van der Waals surface area contributed by atoms with Gasteiger partial charge in [-0.1, -0.05) is 41.4 Å². The quantitative estimate of drug-likeness (QED) is 0.232. The molecule has 36 heavy (non-hydrogen) atoms. The summed E-state index contributed by atoms with van der Waals surface area (Å²) in [4.78, 5) is 24.3. The Morgan fingerprint density at radius 1 is 1.11 bits per heavy atom. The normalized spacial score (nSPS) is 11.5. The van der Waals surface area contributed by atoms with Crippen molar-refractivity contribution in [3.8, 4) is 5.88 Å². The summed E-state index contributed by atoms with van der Waals surface area (Å²) in [5.41, 5.74) is -0.254. The Balaban J connectivity index is 1.62. The zero-order valence-electron chi connectivity index (χ0n) is 18.4. The zero-order chi connectivity index (χ0) is 26.0. The van der Waals surface area contributed by atoms with E-state index in [2.05, 4.69) is 25.6 Å². The first kappa shape index (κ1) is 25.5. The molecule has 13 heteroatoms. The second-order valence-corrected chi connectivity index (χ2v) is 8.25. The van der Waals surface area contributed by atoms with Crippen LogP contribution in [0.2, 0.25) is 10.0 Å². The van der Waals surface area contributed by atoms with E-state index in [0.717, 1.165) is 18.2 Å². The van der Waals surface area contributed by atoms with Crippen molar-refractivity contribution in [2.24, 2.45) is 0 Å². The lowest BCUT2D eigenvalue weighted by atomic mass is 10.1. The minimum Gasteiger partial charge on any atom is -0.477 e. The second kappa shape index (κ2) is 10.2. The van der Waals surface area contributed by atoms with E-state index >= 15 is 0 Å². The predicted octanol–water partition coefficient (Wildman–Crippen LogP) is 6.49. The van der Waals surface area contributed by atoms with Crippen LogP contribution < -0.4 is 15.4 Å². The number of nitrogens with one attached hydrogen (secondary N) is 3. The molecule has 4 aromatic rings. The molecule has 0 aliphatic rings. The van der Waals surface area contributed by atoms with Crippen LogP contribution in [-0.4, -0.2) is 27.5 Å². The van der Waals surface area contributed by atoms with Gasteiger partial charge in [-0.05, 0) is 36.8 Å². The molecule has 0 radical (unpaired) electrons. The Bertz CT molecular complexity index is 1420. The maximum atomic E-state index is 13.5. The SMILES string of the molecule is CCOc1nc2nc(Nc3c(Cl)cc(F)cc3Cl)[nH]c2cc1C(=O)NCc1ccccc1C(F)(F)F. The number of rotatable bonds is 7. The Morgan fingerprint density at radius 3 is 2.47 bits per heavy atom. The third-order valence-electron chi connectivity index (χ3n) is 4.98. The third-order valence-corrected chi connectivity index (χ3v) is 5.57.